The van der Waals surface area contributed by atoms with Crippen molar-refractivity contribution in [1.29, 1.82) is 0 Å². The quantitative estimate of drug-likeness (QED) is 0.525. The molecule has 0 aliphatic heterocycles. The second kappa shape index (κ2) is 8.40. The molecule has 3 aromatic carbocycles. The van der Waals surface area contributed by atoms with E-state index in [0.717, 1.165) is 0 Å². The van der Waals surface area contributed by atoms with Crippen LogP contribution in [0.15, 0.2) is 95.9 Å². The molecule has 0 heterocycles. The van der Waals surface area contributed by atoms with Crippen molar-refractivity contribution >= 4 is 15.6 Å². The van der Waals surface area contributed by atoms with Crippen LogP contribution >= 0.6 is 0 Å². The van der Waals surface area contributed by atoms with Crippen molar-refractivity contribution in [2.24, 2.45) is 0 Å². The number of ketones is 1. The number of carbonyl (C=O) groups is 1. The number of Topliss-reactive ketones (excluding diaryl/α,β-unsaturated/α-hetero) is 1. The average Bonchev–Trinajstić information content (AvgIpc) is 2.74. The van der Waals surface area contributed by atoms with E-state index in [1.165, 1.54) is 0 Å². The molecule has 0 saturated carbocycles. The van der Waals surface area contributed by atoms with Crippen LogP contribution < -0.4 is 4.74 Å². The van der Waals surface area contributed by atoms with E-state index < -0.39 is 15.4 Å². The van der Waals surface area contributed by atoms with Gasteiger partial charge in [0.05, 0.1) is 10.6 Å². The summed E-state index contributed by atoms with van der Waals surface area (Å²) in [5.41, 5.74) is -0.831. The van der Waals surface area contributed by atoms with Gasteiger partial charge in [-0.3, -0.25) is 4.79 Å². The van der Waals surface area contributed by atoms with Crippen LogP contribution in [0.25, 0.3) is 0 Å². The highest BCUT2D eigenvalue weighted by Crippen LogP contribution is 2.27. The van der Waals surface area contributed by atoms with Gasteiger partial charge in [-0.25, -0.2) is 8.42 Å². The van der Waals surface area contributed by atoms with E-state index in [-0.39, 0.29) is 22.9 Å². The van der Waals surface area contributed by atoms with Crippen LogP contribution in [0.3, 0.4) is 0 Å². The van der Waals surface area contributed by atoms with Gasteiger partial charge in [0.25, 0.3) is 0 Å². The number of rotatable bonds is 8. The molecular weight excluding hydrogens is 372 g/mol. The third-order valence-corrected chi connectivity index (χ3v) is 6.28. The van der Waals surface area contributed by atoms with E-state index in [0.29, 0.717) is 11.3 Å². The Labute approximate surface area is 165 Å². The zero-order valence-electron chi connectivity index (χ0n) is 15.6. The number of sulfone groups is 1. The summed E-state index contributed by atoms with van der Waals surface area (Å²) in [6.07, 6.45) is 0.0346. The zero-order valence-corrected chi connectivity index (χ0v) is 16.4. The van der Waals surface area contributed by atoms with Crippen molar-refractivity contribution in [3.63, 3.8) is 0 Å². The van der Waals surface area contributed by atoms with Gasteiger partial charge >= 0.3 is 0 Å². The van der Waals surface area contributed by atoms with Crippen molar-refractivity contribution < 1.29 is 17.9 Å². The van der Waals surface area contributed by atoms with Gasteiger partial charge in [-0.2, -0.15) is 0 Å². The van der Waals surface area contributed by atoms with Crippen LogP contribution in [-0.2, 0) is 9.84 Å². The Balaban J connectivity index is 1.89. The lowest BCUT2D eigenvalue weighted by Gasteiger charge is -2.29. The molecule has 3 aromatic rings. The van der Waals surface area contributed by atoms with E-state index in [1.54, 1.807) is 73.7 Å². The number of para-hydroxylation sites is 1. The lowest BCUT2D eigenvalue weighted by Crippen LogP contribution is -2.43. The van der Waals surface area contributed by atoms with E-state index in [4.69, 9.17) is 4.74 Å². The molecule has 1 unspecified atom stereocenters. The van der Waals surface area contributed by atoms with Gasteiger partial charge in [0.1, 0.15) is 5.75 Å². The predicted molar refractivity (Wildman–Crippen MR) is 109 cm³/mol. The summed E-state index contributed by atoms with van der Waals surface area (Å²) >= 11 is 0. The highest BCUT2D eigenvalue weighted by atomic mass is 32.2. The maximum atomic E-state index is 13.2. The summed E-state index contributed by atoms with van der Waals surface area (Å²) in [4.78, 5) is 13.4. The van der Waals surface area contributed by atoms with Crippen molar-refractivity contribution in [3.05, 3.63) is 96.6 Å². The van der Waals surface area contributed by atoms with Gasteiger partial charge in [0, 0.05) is 12.0 Å². The molecule has 4 nitrogen and oxygen atoms in total. The minimum Gasteiger partial charge on any atom is -0.479 e. The molecule has 144 valence electrons. The molecule has 0 saturated heterocycles. The van der Waals surface area contributed by atoms with Crippen molar-refractivity contribution in [3.8, 4) is 5.75 Å². The Bertz CT molecular complexity index is 1020. The summed E-state index contributed by atoms with van der Waals surface area (Å²) in [6, 6.07) is 26.0. The first kappa shape index (κ1) is 19.8. The fraction of sp³-hybridized carbons (Fsp3) is 0.174. The number of hydrogen-bond acceptors (Lipinski definition) is 4. The predicted octanol–water partition coefficient (Wildman–Crippen LogP) is 4.57. The van der Waals surface area contributed by atoms with E-state index >= 15 is 0 Å². The first-order valence-electron chi connectivity index (χ1n) is 9.02. The Morgan fingerprint density at radius 2 is 1.32 bits per heavy atom. The molecule has 5 heteroatoms. The SMILES string of the molecule is CC(CCS(=O)(=O)c1ccccc1)(Oc1ccccc1)C(=O)c1ccccc1. The van der Waals surface area contributed by atoms with Crippen LogP contribution in [0.5, 0.6) is 5.75 Å². The minimum atomic E-state index is -3.53. The molecular formula is C23H22O4S. The molecule has 28 heavy (non-hydrogen) atoms. The van der Waals surface area contributed by atoms with Gasteiger partial charge in [0.2, 0.25) is 5.78 Å². The summed E-state index contributed by atoms with van der Waals surface area (Å²) in [7, 11) is -3.53. The summed E-state index contributed by atoms with van der Waals surface area (Å²) in [5, 5.41) is 0. The van der Waals surface area contributed by atoms with Gasteiger partial charge in [-0.05, 0) is 31.2 Å². The normalized spacial score (nSPS) is 13.5. The fourth-order valence-corrected chi connectivity index (χ4v) is 4.39. The van der Waals surface area contributed by atoms with Crippen LogP contribution in [0.4, 0.5) is 0 Å². The molecule has 0 aliphatic rings. The highest BCUT2D eigenvalue weighted by molar-refractivity contribution is 7.91. The Kier molecular flexibility index (Phi) is 5.95. The molecule has 0 spiro atoms. The van der Waals surface area contributed by atoms with Crippen LogP contribution in [-0.4, -0.2) is 25.6 Å². The lowest BCUT2D eigenvalue weighted by molar-refractivity contribution is 0.0508. The maximum Gasteiger partial charge on any atom is 0.206 e. The summed E-state index contributed by atoms with van der Waals surface area (Å²) in [5.74, 6) is 0.0745. The third-order valence-electron chi connectivity index (χ3n) is 4.55. The molecule has 0 bridgehead atoms. The molecule has 0 N–H and O–H groups in total. The first-order valence-corrected chi connectivity index (χ1v) is 10.7. The third kappa shape index (κ3) is 4.67. The fourth-order valence-electron chi connectivity index (χ4n) is 2.93. The number of ether oxygens (including phenoxy) is 1. The second-order valence-corrected chi connectivity index (χ2v) is 8.83. The molecule has 0 fully saturated rings. The van der Waals surface area contributed by atoms with E-state index in [1.807, 2.05) is 24.3 Å². The molecule has 1 atom stereocenters. The monoisotopic (exact) mass is 394 g/mol. The number of carbonyl (C=O) groups excluding carboxylic acids is 1. The topological polar surface area (TPSA) is 60.4 Å². The smallest absolute Gasteiger partial charge is 0.206 e. The van der Waals surface area contributed by atoms with Gasteiger partial charge in [-0.1, -0.05) is 66.7 Å². The Hall–Kier alpha value is -2.92. The Morgan fingerprint density at radius 3 is 1.89 bits per heavy atom. The average molecular weight is 394 g/mol. The zero-order chi connectivity index (χ0) is 20.0. The van der Waals surface area contributed by atoms with Gasteiger partial charge in [0.15, 0.2) is 15.4 Å². The Morgan fingerprint density at radius 1 is 0.821 bits per heavy atom. The van der Waals surface area contributed by atoms with Crippen LogP contribution in [0.2, 0.25) is 0 Å². The number of benzene rings is 3. The van der Waals surface area contributed by atoms with E-state index in [9.17, 15) is 13.2 Å². The minimum absolute atomic E-state index is 0.0346. The van der Waals surface area contributed by atoms with Crippen molar-refractivity contribution in [1.82, 2.24) is 0 Å². The van der Waals surface area contributed by atoms with Crippen LogP contribution in [0.1, 0.15) is 23.7 Å². The summed E-state index contributed by atoms with van der Waals surface area (Å²) in [6.45, 7) is 1.65. The molecule has 0 aliphatic carbocycles. The first-order chi connectivity index (χ1) is 13.4. The summed E-state index contributed by atoms with van der Waals surface area (Å²) < 4.78 is 31.5. The largest absolute Gasteiger partial charge is 0.479 e. The highest BCUT2D eigenvalue weighted by Gasteiger charge is 2.37. The van der Waals surface area contributed by atoms with Gasteiger partial charge in [-0.15, -0.1) is 0 Å². The molecule has 3 rings (SSSR count). The van der Waals surface area contributed by atoms with Gasteiger partial charge < -0.3 is 4.74 Å². The molecule has 0 aromatic heterocycles. The molecule has 0 amide bonds. The van der Waals surface area contributed by atoms with Crippen molar-refractivity contribution in [2.75, 3.05) is 5.75 Å². The number of hydrogen-bond donors (Lipinski definition) is 0. The second-order valence-electron chi connectivity index (χ2n) is 6.72. The standard InChI is InChI=1S/C23H22O4S/c1-23(27-20-13-7-3-8-14-20,22(24)19-11-5-2-6-12-19)17-18-28(25,26)21-15-9-4-10-16-21/h2-16H,17-18H2,1H3. The van der Waals surface area contributed by atoms with E-state index in [2.05, 4.69) is 0 Å². The lowest BCUT2D eigenvalue weighted by atomic mass is 9.92. The van der Waals surface area contributed by atoms with Crippen molar-refractivity contribution in [2.45, 2.75) is 23.8 Å². The maximum absolute atomic E-state index is 13.2. The molecule has 0 radical (unpaired) electrons. The van der Waals surface area contributed by atoms with Crippen LogP contribution in [0, 0.1) is 0 Å².